The first-order valence-corrected chi connectivity index (χ1v) is 8.95. The number of nitrogens with zero attached hydrogens (tertiary/aromatic N) is 2. The largest absolute Gasteiger partial charge is 0.490 e. The lowest BCUT2D eigenvalue weighted by Crippen LogP contribution is -2.24. The van der Waals surface area contributed by atoms with E-state index in [0.717, 1.165) is 36.6 Å². The average molecular weight is 354 g/mol. The molecular weight excluding hydrogens is 328 g/mol. The molecule has 0 spiro atoms. The fourth-order valence-electron chi connectivity index (χ4n) is 2.75. The van der Waals surface area contributed by atoms with Gasteiger partial charge in [0.2, 0.25) is 0 Å². The minimum Gasteiger partial charge on any atom is -0.490 e. The quantitative estimate of drug-likeness (QED) is 0.474. The van der Waals surface area contributed by atoms with Crippen LogP contribution in [0.5, 0.6) is 11.5 Å². The van der Waals surface area contributed by atoms with Gasteiger partial charge in [-0.05, 0) is 30.7 Å². The molecule has 2 aromatic carbocycles. The minimum atomic E-state index is 0.404. The Morgan fingerprint density at radius 3 is 2.69 bits per heavy atom. The molecule has 2 aromatic rings. The third-order valence-electron chi connectivity index (χ3n) is 4.15. The molecule has 3 rings (SSSR count). The lowest BCUT2D eigenvalue weighted by Gasteiger charge is -2.18. The predicted octanol–water partition coefficient (Wildman–Crippen LogP) is 3.10. The molecule has 26 heavy (non-hydrogen) atoms. The van der Waals surface area contributed by atoms with Crippen LogP contribution >= 0.6 is 0 Å². The minimum absolute atomic E-state index is 0.404. The number of guanidine groups is 1. The number of rotatable bonds is 6. The van der Waals surface area contributed by atoms with Crippen LogP contribution in [0.1, 0.15) is 12.8 Å². The van der Waals surface area contributed by atoms with Gasteiger partial charge >= 0.3 is 0 Å². The fraction of sp³-hybridized carbons (Fsp3) is 0.350. The van der Waals surface area contributed by atoms with Crippen molar-refractivity contribution in [1.29, 1.82) is 0 Å². The van der Waals surface area contributed by atoms with Crippen LogP contribution in [-0.4, -0.2) is 39.3 Å². The Bertz CT molecular complexity index is 734. The van der Waals surface area contributed by atoms with Gasteiger partial charge in [0.15, 0.2) is 17.5 Å². The van der Waals surface area contributed by atoms with Gasteiger partial charge in [-0.15, -0.1) is 0 Å². The van der Waals surface area contributed by atoms with Gasteiger partial charge in [-0.1, -0.05) is 18.2 Å². The topological polar surface area (TPSA) is 72.1 Å². The normalized spacial score (nSPS) is 13.8. The van der Waals surface area contributed by atoms with Gasteiger partial charge in [0.1, 0.15) is 0 Å². The maximum absolute atomic E-state index is 5.99. The summed E-state index contributed by atoms with van der Waals surface area (Å²) in [7, 11) is 2.08. The number of hydrogen-bond acceptors (Lipinski definition) is 4. The van der Waals surface area contributed by atoms with Crippen molar-refractivity contribution in [1.82, 2.24) is 0 Å². The maximum Gasteiger partial charge on any atom is 0.193 e. The Morgan fingerprint density at radius 2 is 1.88 bits per heavy atom. The Balaban J connectivity index is 1.47. The van der Waals surface area contributed by atoms with Crippen LogP contribution in [0.3, 0.4) is 0 Å². The molecule has 0 amide bonds. The molecule has 0 atom stereocenters. The van der Waals surface area contributed by atoms with Gasteiger partial charge in [-0.2, -0.15) is 0 Å². The van der Waals surface area contributed by atoms with Gasteiger partial charge in [0.05, 0.1) is 13.2 Å². The van der Waals surface area contributed by atoms with E-state index in [1.807, 2.05) is 36.4 Å². The first kappa shape index (κ1) is 17.9. The Hall–Kier alpha value is -2.89. The van der Waals surface area contributed by atoms with E-state index in [9.17, 15) is 0 Å². The van der Waals surface area contributed by atoms with E-state index in [4.69, 9.17) is 15.2 Å². The molecule has 1 aliphatic rings. The summed E-state index contributed by atoms with van der Waals surface area (Å²) in [5, 5.41) is 3.11. The highest BCUT2D eigenvalue weighted by atomic mass is 16.5. The highest BCUT2D eigenvalue weighted by Gasteiger charge is 2.10. The van der Waals surface area contributed by atoms with Crippen molar-refractivity contribution in [3.05, 3.63) is 48.5 Å². The molecule has 6 heteroatoms. The zero-order valence-corrected chi connectivity index (χ0v) is 15.1. The van der Waals surface area contributed by atoms with Crippen LogP contribution in [0.2, 0.25) is 0 Å². The molecule has 3 N–H and O–H groups in total. The van der Waals surface area contributed by atoms with E-state index in [-0.39, 0.29) is 0 Å². The number of para-hydroxylation sites is 1. The van der Waals surface area contributed by atoms with Crippen molar-refractivity contribution in [2.45, 2.75) is 12.8 Å². The second-order valence-electron chi connectivity index (χ2n) is 6.21. The second kappa shape index (κ2) is 8.99. The SMILES string of the molecule is CN(CCCN=C(N)Nc1ccc2c(c1)OCCCO2)c1ccccc1. The van der Waals surface area contributed by atoms with E-state index in [0.29, 0.717) is 25.7 Å². The van der Waals surface area contributed by atoms with Crippen LogP contribution < -0.4 is 25.4 Å². The van der Waals surface area contributed by atoms with E-state index in [2.05, 4.69) is 34.4 Å². The number of aliphatic imine (C=N–C) groups is 1. The molecule has 1 aliphatic heterocycles. The van der Waals surface area contributed by atoms with Crippen molar-refractivity contribution in [2.24, 2.45) is 10.7 Å². The molecule has 0 aromatic heterocycles. The van der Waals surface area contributed by atoms with Gasteiger partial charge in [0, 0.05) is 44.0 Å². The number of fused-ring (bicyclic) bond motifs is 1. The highest BCUT2D eigenvalue weighted by Crippen LogP contribution is 2.32. The lowest BCUT2D eigenvalue weighted by atomic mass is 10.2. The first-order valence-electron chi connectivity index (χ1n) is 8.95. The molecule has 0 aliphatic carbocycles. The van der Waals surface area contributed by atoms with Crippen molar-refractivity contribution >= 4 is 17.3 Å². The molecule has 0 saturated heterocycles. The predicted molar refractivity (Wildman–Crippen MR) is 106 cm³/mol. The second-order valence-corrected chi connectivity index (χ2v) is 6.21. The summed E-state index contributed by atoms with van der Waals surface area (Å²) in [5.74, 6) is 1.92. The molecule has 138 valence electrons. The van der Waals surface area contributed by atoms with E-state index >= 15 is 0 Å². The lowest BCUT2D eigenvalue weighted by molar-refractivity contribution is 0.297. The fourth-order valence-corrected chi connectivity index (χ4v) is 2.75. The number of nitrogens with two attached hydrogens (primary N) is 1. The average Bonchev–Trinajstić information content (AvgIpc) is 2.91. The van der Waals surface area contributed by atoms with Crippen LogP contribution in [-0.2, 0) is 0 Å². The number of hydrogen-bond donors (Lipinski definition) is 2. The molecule has 1 heterocycles. The van der Waals surface area contributed by atoms with Gasteiger partial charge in [-0.25, -0.2) is 0 Å². The van der Waals surface area contributed by atoms with Crippen LogP contribution in [0.15, 0.2) is 53.5 Å². The van der Waals surface area contributed by atoms with Crippen molar-refractivity contribution < 1.29 is 9.47 Å². The van der Waals surface area contributed by atoms with E-state index in [1.54, 1.807) is 0 Å². The number of ether oxygens (including phenoxy) is 2. The number of benzene rings is 2. The van der Waals surface area contributed by atoms with Crippen LogP contribution in [0.4, 0.5) is 11.4 Å². The zero-order valence-electron chi connectivity index (χ0n) is 15.1. The third kappa shape index (κ3) is 5.05. The van der Waals surface area contributed by atoms with Gasteiger partial charge < -0.3 is 25.4 Å². The van der Waals surface area contributed by atoms with Gasteiger partial charge in [0.25, 0.3) is 0 Å². The molecule has 0 bridgehead atoms. The monoisotopic (exact) mass is 354 g/mol. The summed E-state index contributed by atoms with van der Waals surface area (Å²) in [6.45, 7) is 2.93. The van der Waals surface area contributed by atoms with Crippen molar-refractivity contribution in [2.75, 3.05) is 43.6 Å². The summed E-state index contributed by atoms with van der Waals surface area (Å²) in [5.41, 5.74) is 8.04. The molecule has 0 radical (unpaired) electrons. The first-order chi connectivity index (χ1) is 12.7. The molecule has 6 nitrogen and oxygen atoms in total. The van der Waals surface area contributed by atoms with Gasteiger partial charge in [-0.3, -0.25) is 4.99 Å². The number of anilines is 2. The van der Waals surface area contributed by atoms with Crippen LogP contribution in [0, 0.1) is 0 Å². The molecule has 0 unspecified atom stereocenters. The summed E-state index contributed by atoms with van der Waals surface area (Å²) in [6.07, 6.45) is 1.81. The Kier molecular flexibility index (Phi) is 6.19. The zero-order chi connectivity index (χ0) is 18.2. The number of nitrogens with one attached hydrogen (secondary N) is 1. The van der Waals surface area contributed by atoms with E-state index in [1.165, 1.54) is 5.69 Å². The summed E-state index contributed by atoms with van der Waals surface area (Å²) in [4.78, 5) is 6.61. The van der Waals surface area contributed by atoms with E-state index < -0.39 is 0 Å². The molecular formula is C20H26N4O2. The third-order valence-corrected chi connectivity index (χ3v) is 4.15. The van der Waals surface area contributed by atoms with Crippen molar-refractivity contribution in [3.63, 3.8) is 0 Å². The molecule has 0 saturated carbocycles. The Labute approximate surface area is 154 Å². The summed E-state index contributed by atoms with van der Waals surface area (Å²) < 4.78 is 11.3. The Morgan fingerprint density at radius 1 is 1.12 bits per heavy atom. The van der Waals surface area contributed by atoms with Crippen LogP contribution in [0.25, 0.3) is 0 Å². The summed E-state index contributed by atoms with van der Waals surface area (Å²) >= 11 is 0. The maximum atomic E-state index is 5.99. The highest BCUT2D eigenvalue weighted by molar-refractivity contribution is 5.92. The molecule has 0 fully saturated rings. The summed E-state index contributed by atoms with van der Waals surface area (Å²) in [6, 6.07) is 16.0. The smallest absolute Gasteiger partial charge is 0.193 e. The van der Waals surface area contributed by atoms with Crippen molar-refractivity contribution in [3.8, 4) is 11.5 Å². The standard InChI is InChI=1S/C20H26N4O2/c1-24(17-7-3-2-4-8-17)12-5-11-22-20(21)23-16-9-10-18-19(15-16)26-14-6-13-25-18/h2-4,7-10,15H,5-6,11-14H2,1H3,(H3,21,22,23).